The van der Waals surface area contributed by atoms with E-state index < -0.39 is 18.5 Å². The van der Waals surface area contributed by atoms with Gasteiger partial charge in [0, 0.05) is 32.4 Å². The largest absolute Gasteiger partial charge is 0.365 e. The Morgan fingerprint density at radius 2 is 1.93 bits per heavy atom. The molecule has 142 valence electrons. The highest BCUT2D eigenvalue weighted by Crippen LogP contribution is 2.30. The maximum absolute atomic E-state index is 12.5. The van der Waals surface area contributed by atoms with Crippen LogP contribution in [0.4, 0.5) is 19.6 Å². The number of pyridine rings is 1. The number of rotatable bonds is 4. The third kappa shape index (κ3) is 3.59. The molecule has 11 heteroatoms. The summed E-state index contributed by atoms with van der Waals surface area (Å²) in [5.74, 6) is 0. The number of anilines is 2. The Labute approximate surface area is 161 Å². The van der Waals surface area contributed by atoms with Gasteiger partial charge in [-0.25, -0.2) is 18.4 Å². The van der Waals surface area contributed by atoms with E-state index in [0.29, 0.717) is 36.5 Å². The van der Waals surface area contributed by atoms with Crippen LogP contribution in [0.3, 0.4) is 0 Å². The Balaban J connectivity index is 1.49. The monoisotopic (exact) mass is 412 g/mol. The first-order chi connectivity index (χ1) is 13.0. The first kappa shape index (κ1) is 18.1. The van der Waals surface area contributed by atoms with Gasteiger partial charge < -0.3 is 9.80 Å². The van der Waals surface area contributed by atoms with Gasteiger partial charge in [0.25, 0.3) is 12.0 Å². The molecule has 1 aliphatic rings. The lowest BCUT2D eigenvalue weighted by atomic mass is 10.3. The van der Waals surface area contributed by atoms with Crippen molar-refractivity contribution in [3.8, 4) is 0 Å². The highest BCUT2D eigenvalue weighted by Gasteiger charge is 2.23. The molecule has 0 aliphatic carbocycles. The summed E-state index contributed by atoms with van der Waals surface area (Å²) in [6.07, 6.45) is 2.20. The molecule has 0 saturated carbocycles. The molecule has 0 N–H and O–H groups in total. The van der Waals surface area contributed by atoms with Crippen molar-refractivity contribution in [3.05, 3.63) is 40.0 Å². The smallest absolute Gasteiger partial charge is 0.287 e. The minimum atomic E-state index is -2.66. The molecule has 0 atom stereocenters. The van der Waals surface area contributed by atoms with Crippen LogP contribution in [-0.4, -0.2) is 52.4 Å². The van der Waals surface area contributed by atoms with Crippen molar-refractivity contribution in [1.82, 2.24) is 19.7 Å². The summed E-state index contributed by atoms with van der Waals surface area (Å²) in [7, 11) is 0. The predicted octanol–water partition coefficient (Wildman–Crippen LogP) is 2.49. The van der Waals surface area contributed by atoms with Gasteiger partial charge in [-0.15, -0.1) is 0 Å². The van der Waals surface area contributed by atoms with Crippen molar-refractivity contribution in [2.45, 2.75) is 13.0 Å². The van der Waals surface area contributed by atoms with E-state index in [1.807, 2.05) is 11.0 Å². The second-order valence-electron chi connectivity index (χ2n) is 6.04. The average Bonchev–Trinajstić information content (AvgIpc) is 3.10. The van der Waals surface area contributed by atoms with E-state index in [1.54, 1.807) is 23.7 Å². The maximum atomic E-state index is 12.5. The molecule has 1 aliphatic heterocycles. The highest BCUT2D eigenvalue weighted by molar-refractivity contribution is 7.22. The van der Waals surface area contributed by atoms with E-state index >= 15 is 0 Å². The van der Waals surface area contributed by atoms with Crippen molar-refractivity contribution < 1.29 is 8.78 Å². The lowest BCUT2D eigenvalue weighted by Gasteiger charge is -2.36. The number of hydrogen-bond donors (Lipinski definition) is 0. The minimum Gasteiger partial charge on any atom is -0.365 e. The first-order valence-corrected chi connectivity index (χ1v) is 9.46. The summed E-state index contributed by atoms with van der Waals surface area (Å²) in [4.78, 5) is 24.9. The highest BCUT2D eigenvalue weighted by atomic mass is 35.5. The number of thiazole rings is 1. The number of alkyl halides is 2. The van der Waals surface area contributed by atoms with Crippen LogP contribution in [0, 0.1) is 0 Å². The maximum Gasteiger partial charge on any atom is 0.287 e. The molecule has 0 unspecified atom stereocenters. The number of piperazine rings is 1. The van der Waals surface area contributed by atoms with Gasteiger partial charge in [-0.1, -0.05) is 22.9 Å². The number of halogens is 3. The van der Waals surface area contributed by atoms with E-state index in [9.17, 15) is 13.6 Å². The van der Waals surface area contributed by atoms with E-state index in [2.05, 4.69) is 20.0 Å². The molecule has 0 radical (unpaired) electrons. The Morgan fingerprint density at radius 1 is 1.19 bits per heavy atom. The van der Waals surface area contributed by atoms with Crippen molar-refractivity contribution in [2.75, 3.05) is 36.0 Å². The molecule has 0 amide bonds. The fourth-order valence-electron chi connectivity index (χ4n) is 2.98. The van der Waals surface area contributed by atoms with Crippen LogP contribution in [0.25, 0.3) is 10.2 Å². The first-order valence-electron chi connectivity index (χ1n) is 8.27. The quantitative estimate of drug-likeness (QED) is 0.656. The fourth-order valence-corrected chi connectivity index (χ4v) is 4.23. The van der Waals surface area contributed by atoms with Crippen molar-refractivity contribution in [1.29, 1.82) is 0 Å². The number of hydrogen-bond acceptors (Lipinski definition) is 7. The molecular formula is C16H15ClF2N6OS. The fraction of sp³-hybridized carbons (Fsp3) is 0.375. The van der Waals surface area contributed by atoms with E-state index in [4.69, 9.17) is 11.6 Å². The van der Waals surface area contributed by atoms with Gasteiger partial charge in [-0.05, 0) is 6.07 Å². The average molecular weight is 413 g/mol. The molecule has 0 aromatic carbocycles. The van der Waals surface area contributed by atoms with Crippen LogP contribution in [0.1, 0.15) is 0 Å². The molecule has 0 spiro atoms. The standard InChI is InChI=1S/C16H15ClF2N6OS/c17-14-11(8-21-25(15(14)26)9-13(18)19)23-3-5-24(6-4-23)16-22-10-7-20-2-1-12(10)27-16/h1-2,7-8,13H,3-6,9H2. The van der Waals surface area contributed by atoms with E-state index in [1.165, 1.54) is 6.20 Å². The minimum absolute atomic E-state index is 0.0786. The summed E-state index contributed by atoms with van der Waals surface area (Å²) < 4.78 is 26.8. The third-order valence-corrected chi connectivity index (χ3v) is 5.80. The zero-order chi connectivity index (χ0) is 19.0. The lowest BCUT2D eigenvalue weighted by Crippen LogP contribution is -2.47. The second kappa shape index (κ2) is 7.35. The van der Waals surface area contributed by atoms with Crippen LogP contribution < -0.4 is 15.4 Å². The molecule has 1 saturated heterocycles. The summed E-state index contributed by atoms with van der Waals surface area (Å²) in [5.41, 5.74) is 0.644. The normalized spacial score (nSPS) is 15.1. The summed E-state index contributed by atoms with van der Waals surface area (Å²) in [5, 5.41) is 4.67. The summed E-state index contributed by atoms with van der Waals surface area (Å²) in [6, 6.07) is 1.94. The molecule has 0 bridgehead atoms. The van der Waals surface area contributed by atoms with Gasteiger partial charge in [-0.2, -0.15) is 5.10 Å². The van der Waals surface area contributed by atoms with Crippen LogP contribution in [0.2, 0.25) is 5.02 Å². The van der Waals surface area contributed by atoms with Crippen molar-refractivity contribution in [2.24, 2.45) is 0 Å². The molecule has 27 heavy (non-hydrogen) atoms. The second-order valence-corrected chi connectivity index (χ2v) is 7.42. The van der Waals surface area contributed by atoms with Gasteiger partial charge >= 0.3 is 0 Å². The zero-order valence-corrected chi connectivity index (χ0v) is 15.6. The van der Waals surface area contributed by atoms with E-state index in [0.717, 1.165) is 15.3 Å². The zero-order valence-electron chi connectivity index (χ0n) is 14.1. The number of aromatic nitrogens is 4. The van der Waals surface area contributed by atoms with Gasteiger partial charge in [0.05, 0.1) is 22.8 Å². The summed E-state index contributed by atoms with van der Waals surface area (Å²) >= 11 is 7.74. The molecule has 4 heterocycles. The van der Waals surface area contributed by atoms with Gasteiger partial charge in [0.1, 0.15) is 17.1 Å². The SMILES string of the molecule is O=c1c(Cl)c(N2CCN(c3nc4cnccc4s3)CC2)cnn1CC(F)F. The van der Waals surface area contributed by atoms with Gasteiger partial charge in [0.2, 0.25) is 0 Å². The third-order valence-electron chi connectivity index (χ3n) is 4.35. The van der Waals surface area contributed by atoms with Crippen molar-refractivity contribution >= 4 is 44.0 Å². The Morgan fingerprint density at radius 3 is 2.63 bits per heavy atom. The molecule has 3 aromatic heterocycles. The van der Waals surface area contributed by atoms with Gasteiger partial charge in [0.15, 0.2) is 5.13 Å². The topological polar surface area (TPSA) is 67.2 Å². The van der Waals surface area contributed by atoms with E-state index in [-0.39, 0.29) is 5.02 Å². The molecule has 3 aromatic rings. The van der Waals surface area contributed by atoms with Gasteiger partial charge in [-0.3, -0.25) is 9.78 Å². The number of nitrogens with zero attached hydrogens (tertiary/aromatic N) is 6. The van der Waals surface area contributed by atoms with Crippen LogP contribution in [-0.2, 0) is 6.54 Å². The van der Waals surface area contributed by atoms with Crippen LogP contribution in [0.5, 0.6) is 0 Å². The Bertz CT molecular complexity index is 985. The Kier molecular flexibility index (Phi) is 4.92. The predicted molar refractivity (Wildman–Crippen MR) is 101 cm³/mol. The summed E-state index contributed by atoms with van der Waals surface area (Å²) in [6.45, 7) is 1.87. The number of fused-ring (bicyclic) bond motifs is 1. The lowest BCUT2D eigenvalue weighted by molar-refractivity contribution is 0.119. The van der Waals surface area contributed by atoms with Crippen molar-refractivity contribution in [3.63, 3.8) is 0 Å². The van der Waals surface area contributed by atoms with Crippen LogP contribution in [0.15, 0.2) is 29.5 Å². The Hall–Kier alpha value is -2.33. The molecular weight excluding hydrogens is 398 g/mol. The molecule has 1 fully saturated rings. The molecule has 7 nitrogen and oxygen atoms in total. The van der Waals surface area contributed by atoms with Crippen LogP contribution >= 0.6 is 22.9 Å². The molecule has 4 rings (SSSR count).